The zero-order valence-corrected chi connectivity index (χ0v) is 26.0. The first-order valence-electron chi connectivity index (χ1n) is 14.9. The fraction of sp³-hybridized carbons (Fsp3) is 0.270. The number of hydrogen-bond acceptors (Lipinski definition) is 4. The summed E-state index contributed by atoms with van der Waals surface area (Å²) in [5.41, 5.74) is 9.98. The molecule has 6 heteroatoms. The van der Waals surface area contributed by atoms with Crippen LogP contribution in [-0.4, -0.2) is 32.2 Å². The van der Waals surface area contributed by atoms with Gasteiger partial charge >= 0.3 is 5.97 Å². The zero-order valence-electron chi connectivity index (χ0n) is 26.0. The Hall–Kier alpha value is -4.71. The van der Waals surface area contributed by atoms with E-state index in [1.165, 1.54) is 12.7 Å². The Morgan fingerprint density at radius 2 is 1.70 bits per heavy atom. The number of benzene rings is 4. The number of hydrogen-bond donors (Lipinski definition) is 0. The first kappa shape index (κ1) is 28.4. The molecule has 2 heterocycles. The Kier molecular flexibility index (Phi) is 7.17. The number of imidazole rings is 2. The second-order valence-electron chi connectivity index (χ2n) is 12.3. The van der Waals surface area contributed by atoms with Crippen LogP contribution < -0.4 is 0 Å². The van der Waals surface area contributed by atoms with E-state index in [0.29, 0.717) is 11.5 Å². The van der Waals surface area contributed by atoms with E-state index < -0.39 is 0 Å². The van der Waals surface area contributed by atoms with Gasteiger partial charge in [-0.15, -0.1) is 0 Å². The van der Waals surface area contributed by atoms with Crippen LogP contribution >= 0.6 is 0 Å². The number of nitrogens with zero attached hydrogens (tertiary/aromatic N) is 4. The van der Waals surface area contributed by atoms with Crippen LogP contribution in [0.4, 0.5) is 0 Å². The molecule has 0 saturated heterocycles. The molecule has 1 atom stereocenters. The Morgan fingerprint density at radius 3 is 2.40 bits per heavy atom. The second-order valence-corrected chi connectivity index (χ2v) is 12.3. The third-order valence-electron chi connectivity index (χ3n) is 8.59. The molecule has 0 fully saturated rings. The molecular weight excluding hydrogens is 532 g/mol. The minimum absolute atomic E-state index is 0.259. The summed E-state index contributed by atoms with van der Waals surface area (Å²) in [7, 11) is 3.51. The lowest BCUT2D eigenvalue weighted by molar-refractivity contribution is 0.0601. The maximum absolute atomic E-state index is 13.6. The van der Waals surface area contributed by atoms with Crippen LogP contribution in [0.2, 0.25) is 0 Å². The van der Waals surface area contributed by atoms with Crippen molar-refractivity contribution in [2.75, 3.05) is 7.11 Å². The molecule has 0 radical (unpaired) electrons. The molecule has 0 saturated carbocycles. The van der Waals surface area contributed by atoms with E-state index in [9.17, 15) is 4.79 Å². The van der Waals surface area contributed by atoms with Crippen molar-refractivity contribution in [2.24, 2.45) is 7.05 Å². The van der Waals surface area contributed by atoms with Gasteiger partial charge in [-0.3, -0.25) is 4.57 Å². The highest BCUT2D eigenvalue weighted by Gasteiger charge is 2.29. The Bertz CT molecular complexity index is 1980. The summed E-state index contributed by atoms with van der Waals surface area (Å²) in [6.07, 6.45) is 2.87. The Morgan fingerprint density at radius 1 is 0.930 bits per heavy atom. The molecule has 218 valence electrons. The molecule has 0 aliphatic rings. The lowest BCUT2D eigenvalue weighted by Crippen LogP contribution is -2.19. The molecular formula is C37H38N4O2. The van der Waals surface area contributed by atoms with Gasteiger partial charge in [0.25, 0.3) is 0 Å². The van der Waals surface area contributed by atoms with Gasteiger partial charge in [0.2, 0.25) is 0 Å². The van der Waals surface area contributed by atoms with Crippen molar-refractivity contribution in [3.8, 4) is 28.2 Å². The highest BCUT2D eigenvalue weighted by Crippen LogP contribution is 2.39. The predicted octanol–water partition coefficient (Wildman–Crippen LogP) is 8.84. The van der Waals surface area contributed by atoms with Crippen molar-refractivity contribution < 1.29 is 9.53 Å². The van der Waals surface area contributed by atoms with Gasteiger partial charge in [-0.1, -0.05) is 89.2 Å². The molecule has 0 N–H and O–H groups in total. The van der Waals surface area contributed by atoms with Gasteiger partial charge in [0.15, 0.2) is 0 Å². The highest BCUT2D eigenvalue weighted by atomic mass is 16.5. The number of carbonyl (C=O) groups is 1. The summed E-state index contributed by atoms with van der Waals surface area (Å²) < 4.78 is 9.63. The van der Waals surface area contributed by atoms with Crippen molar-refractivity contribution >= 4 is 28.0 Å². The van der Waals surface area contributed by atoms with Gasteiger partial charge < -0.3 is 9.30 Å². The Labute approximate surface area is 253 Å². The fourth-order valence-corrected chi connectivity index (χ4v) is 6.05. The normalized spacial score (nSPS) is 12.6. The molecule has 6 rings (SSSR count). The molecule has 6 nitrogen and oxygen atoms in total. The topological polar surface area (TPSA) is 61.9 Å². The van der Waals surface area contributed by atoms with Crippen molar-refractivity contribution in [1.82, 2.24) is 19.1 Å². The van der Waals surface area contributed by atoms with E-state index in [4.69, 9.17) is 14.7 Å². The summed E-state index contributed by atoms with van der Waals surface area (Å²) in [6.45, 7) is 10.9. The standard InChI is InChI=1S/C37H38N4O2/c1-8-23(2)26-15-12-16-30-33(26)39-35(40(30)6)25-17-20-29-31(21-25)41(22-38-29)34-28(37(3,4)5)19-18-27(32(34)36(42)43-7)24-13-10-9-11-14-24/h9-23H,8H2,1-7H3. The van der Waals surface area contributed by atoms with Gasteiger partial charge in [-0.05, 0) is 64.3 Å². The summed E-state index contributed by atoms with van der Waals surface area (Å²) >= 11 is 0. The third kappa shape index (κ3) is 4.81. The van der Waals surface area contributed by atoms with Crippen molar-refractivity contribution in [3.63, 3.8) is 0 Å². The monoisotopic (exact) mass is 570 g/mol. The van der Waals surface area contributed by atoms with Crippen LogP contribution in [0.5, 0.6) is 0 Å². The SMILES string of the molecule is CCC(C)c1cccc2c1nc(-c1ccc3ncn(-c4c(C(C)(C)C)ccc(-c5ccccc5)c4C(=O)OC)c3c1)n2C. The molecule has 43 heavy (non-hydrogen) atoms. The number of carbonyl (C=O) groups excluding carboxylic acids is 1. The van der Waals surface area contributed by atoms with E-state index in [2.05, 4.69) is 82.6 Å². The number of esters is 1. The van der Waals surface area contributed by atoms with Gasteiger partial charge in [-0.2, -0.15) is 0 Å². The van der Waals surface area contributed by atoms with E-state index in [0.717, 1.165) is 62.3 Å². The summed E-state index contributed by atoms with van der Waals surface area (Å²) in [6, 6.07) is 26.8. The average molecular weight is 571 g/mol. The number of rotatable bonds is 6. The highest BCUT2D eigenvalue weighted by molar-refractivity contribution is 6.02. The number of ether oxygens (including phenoxy) is 1. The van der Waals surface area contributed by atoms with E-state index in [-0.39, 0.29) is 11.4 Å². The summed E-state index contributed by atoms with van der Waals surface area (Å²) in [5, 5.41) is 0. The predicted molar refractivity (Wildman–Crippen MR) is 175 cm³/mol. The largest absolute Gasteiger partial charge is 0.465 e. The van der Waals surface area contributed by atoms with Crippen LogP contribution in [0.1, 0.15) is 68.4 Å². The number of aromatic nitrogens is 4. The lowest BCUT2D eigenvalue weighted by Gasteiger charge is -2.27. The van der Waals surface area contributed by atoms with Gasteiger partial charge in [0, 0.05) is 12.6 Å². The minimum Gasteiger partial charge on any atom is -0.465 e. The van der Waals surface area contributed by atoms with Gasteiger partial charge in [-0.25, -0.2) is 14.8 Å². The van der Waals surface area contributed by atoms with Crippen LogP contribution in [-0.2, 0) is 17.2 Å². The van der Waals surface area contributed by atoms with Crippen LogP contribution in [0, 0.1) is 0 Å². The van der Waals surface area contributed by atoms with Crippen LogP contribution in [0.25, 0.3) is 50.3 Å². The molecule has 0 amide bonds. The number of aryl methyl sites for hydroxylation is 1. The van der Waals surface area contributed by atoms with Crippen LogP contribution in [0.15, 0.2) is 85.2 Å². The zero-order chi connectivity index (χ0) is 30.5. The number of methoxy groups -OCH3 is 1. The van der Waals surface area contributed by atoms with E-state index in [1.54, 1.807) is 0 Å². The fourth-order valence-electron chi connectivity index (χ4n) is 6.05. The van der Waals surface area contributed by atoms with Gasteiger partial charge in [0.05, 0.1) is 40.4 Å². The molecule has 0 aliphatic carbocycles. The molecule has 1 unspecified atom stereocenters. The first-order chi connectivity index (χ1) is 20.6. The van der Waals surface area contributed by atoms with E-state index in [1.807, 2.05) is 53.4 Å². The number of fused-ring (bicyclic) bond motifs is 2. The molecule has 0 spiro atoms. The van der Waals surface area contributed by atoms with Gasteiger partial charge in [0.1, 0.15) is 12.2 Å². The quantitative estimate of drug-likeness (QED) is 0.188. The smallest absolute Gasteiger partial charge is 0.340 e. The molecule has 4 aromatic carbocycles. The maximum Gasteiger partial charge on any atom is 0.340 e. The van der Waals surface area contributed by atoms with E-state index >= 15 is 0 Å². The Balaban J connectivity index is 1.63. The maximum atomic E-state index is 13.6. The average Bonchev–Trinajstić information content (AvgIpc) is 3.59. The van der Waals surface area contributed by atoms with Crippen LogP contribution in [0.3, 0.4) is 0 Å². The minimum atomic E-state index is -0.383. The van der Waals surface area contributed by atoms with Crippen molar-refractivity contribution in [1.29, 1.82) is 0 Å². The second kappa shape index (κ2) is 10.8. The summed E-state index contributed by atoms with van der Waals surface area (Å²) in [4.78, 5) is 23.6. The lowest BCUT2D eigenvalue weighted by atomic mass is 9.82. The third-order valence-corrected chi connectivity index (χ3v) is 8.59. The molecule has 0 aliphatic heterocycles. The molecule has 6 aromatic rings. The first-order valence-corrected chi connectivity index (χ1v) is 14.9. The molecule has 2 aromatic heterocycles. The van der Waals surface area contributed by atoms with Crippen molar-refractivity contribution in [3.05, 3.63) is 102 Å². The summed E-state index contributed by atoms with van der Waals surface area (Å²) in [5.74, 6) is 0.924. The number of para-hydroxylation sites is 1. The van der Waals surface area contributed by atoms with Crippen molar-refractivity contribution in [2.45, 2.75) is 52.4 Å². The molecule has 0 bridgehead atoms.